The SMILES string of the molecule is CCCN(CC(=O)O)c1ncccc1S(C)(=O)=O. The molecule has 0 fully saturated rings. The summed E-state index contributed by atoms with van der Waals surface area (Å²) in [5.74, 6) is -0.821. The Labute approximate surface area is 106 Å². The summed E-state index contributed by atoms with van der Waals surface area (Å²) in [5, 5.41) is 8.85. The van der Waals surface area contributed by atoms with E-state index in [4.69, 9.17) is 5.11 Å². The molecular weight excluding hydrogens is 256 g/mol. The van der Waals surface area contributed by atoms with Crippen LogP contribution in [-0.4, -0.2) is 43.8 Å². The number of pyridine rings is 1. The van der Waals surface area contributed by atoms with E-state index in [2.05, 4.69) is 4.98 Å². The number of nitrogens with zero attached hydrogens (tertiary/aromatic N) is 2. The number of carboxylic acid groups (broad SMARTS) is 1. The Morgan fingerprint density at radius 3 is 2.67 bits per heavy atom. The molecule has 0 spiro atoms. The topological polar surface area (TPSA) is 87.6 Å². The predicted molar refractivity (Wildman–Crippen MR) is 67.5 cm³/mol. The number of aliphatic carboxylic acids is 1. The van der Waals surface area contributed by atoms with Crippen LogP contribution in [0.3, 0.4) is 0 Å². The Kier molecular flexibility index (Phi) is 4.66. The summed E-state index contributed by atoms with van der Waals surface area (Å²) in [5.41, 5.74) is 0. The second-order valence-electron chi connectivity index (χ2n) is 3.91. The maximum absolute atomic E-state index is 11.6. The highest BCUT2D eigenvalue weighted by Gasteiger charge is 2.20. The summed E-state index contributed by atoms with van der Waals surface area (Å²) >= 11 is 0. The second kappa shape index (κ2) is 5.81. The van der Waals surface area contributed by atoms with Gasteiger partial charge in [-0.25, -0.2) is 13.4 Å². The van der Waals surface area contributed by atoms with Crippen molar-refractivity contribution >= 4 is 21.6 Å². The Hall–Kier alpha value is -1.63. The van der Waals surface area contributed by atoms with Crippen LogP contribution in [0, 0.1) is 0 Å². The minimum atomic E-state index is -3.43. The lowest BCUT2D eigenvalue weighted by molar-refractivity contribution is -0.135. The monoisotopic (exact) mass is 272 g/mol. The molecule has 0 bridgehead atoms. The molecule has 6 nitrogen and oxygen atoms in total. The molecule has 0 aliphatic heterocycles. The van der Waals surface area contributed by atoms with Crippen molar-refractivity contribution in [3.8, 4) is 0 Å². The molecule has 0 aliphatic carbocycles. The number of rotatable bonds is 6. The van der Waals surface area contributed by atoms with Gasteiger partial charge in [-0.15, -0.1) is 0 Å². The van der Waals surface area contributed by atoms with E-state index >= 15 is 0 Å². The zero-order valence-electron chi connectivity index (χ0n) is 10.3. The van der Waals surface area contributed by atoms with Crippen molar-refractivity contribution in [3.05, 3.63) is 18.3 Å². The molecule has 0 aromatic carbocycles. The maximum Gasteiger partial charge on any atom is 0.323 e. The number of aromatic nitrogens is 1. The van der Waals surface area contributed by atoms with Crippen molar-refractivity contribution in [2.24, 2.45) is 0 Å². The first-order chi connectivity index (χ1) is 8.36. The normalized spacial score (nSPS) is 11.2. The Balaban J connectivity index is 3.23. The van der Waals surface area contributed by atoms with E-state index in [0.717, 1.165) is 6.26 Å². The standard InChI is InChI=1S/C11H16N2O4S/c1-3-7-13(8-10(14)15)11-9(18(2,16)17)5-4-6-12-11/h4-6H,3,7-8H2,1-2H3,(H,14,15). The van der Waals surface area contributed by atoms with E-state index in [-0.39, 0.29) is 17.3 Å². The number of carboxylic acids is 1. The van der Waals surface area contributed by atoms with E-state index in [9.17, 15) is 13.2 Å². The van der Waals surface area contributed by atoms with Gasteiger partial charge in [0, 0.05) is 19.0 Å². The van der Waals surface area contributed by atoms with Gasteiger partial charge in [-0.05, 0) is 18.6 Å². The summed E-state index contributed by atoms with van der Waals surface area (Å²) in [4.78, 5) is 16.3. The minimum absolute atomic E-state index is 0.0553. The van der Waals surface area contributed by atoms with Crippen molar-refractivity contribution in [3.63, 3.8) is 0 Å². The Morgan fingerprint density at radius 1 is 1.50 bits per heavy atom. The van der Waals surface area contributed by atoms with Gasteiger partial charge >= 0.3 is 5.97 Å². The van der Waals surface area contributed by atoms with E-state index in [1.807, 2.05) is 6.92 Å². The van der Waals surface area contributed by atoms with Gasteiger partial charge in [-0.1, -0.05) is 6.92 Å². The first kappa shape index (κ1) is 14.4. The van der Waals surface area contributed by atoms with Crippen molar-refractivity contribution in [2.45, 2.75) is 18.2 Å². The molecule has 7 heteroatoms. The maximum atomic E-state index is 11.6. The lowest BCUT2D eigenvalue weighted by atomic mass is 10.3. The summed E-state index contributed by atoms with van der Waals surface area (Å²) in [6, 6.07) is 2.95. The fourth-order valence-corrected chi connectivity index (χ4v) is 2.44. The molecule has 0 saturated carbocycles. The van der Waals surface area contributed by atoms with Gasteiger partial charge in [0.1, 0.15) is 17.3 Å². The van der Waals surface area contributed by atoms with Crippen molar-refractivity contribution < 1.29 is 18.3 Å². The average Bonchev–Trinajstić information content (AvgIpc) is 2.27. The highest BCUT2D eigenvalue weighted by molar-refractivity contribution is 7.90. The van der Waals surface area contributed by atoms with Crippen LogP contribution < -0.4 is 4.90 Å². The molecule has 0 atom stereocenters. The molecule has 0 unspecified atom stereocenters. The molecule has 1 aromatic heterocycles. The van der Waals surface area contributed by atoms with Crippen LogP contribution >= 0.6 is 0 Å². The largest absolute Gasteiger partial charge is 0.480 e. The fourth-order valence-electron chi connectivity index (χ4n) is 1.60. The zero-order chi connectivity index (χ0) is 13.8. The molecule has 0 radical (unpaired) electrons. The van der Waals surface area contributed by atoms with Crippen LogP contribution in [0.4, 0.5) is 5.82 Å². The summed E-state index contributed by atoms with van der Waals surface area (Å²) < 4.78 is 23.3. The van der Waals surface area contributed by atoms with Gasteiger partial charge < -0.3 is 10.0 Å². The lowest BCUT2D eigenvalue weighted by Crippen LogP contribution is -2.32. The average molecular weight is 272 g/mol. The minimum Gasteiger partial charge on any atom is -0.480 e. The number of hydrogen-bond acceptors (Lipinski definition) is 5. The highest BCUT2D eigenvalue weighted by atomic mass is 32.2. The van der Waals surface area contributed by atoms with Gasteiger partial charge in [0.2, 0.25) is 0 Å². The molecule has 1 heterocycles. The van der Waals surface area contributed by atoms with Crippen molar-refractivity contribution in [1.29, 1.82) is 0 Å². The van der Waals surface area contributed by atoms with Gasteiger partial charge in [0.15, 0.2) is 9.84 Å². The Morgan fingerprint density at radius 2 is 2.17 bits per heavy atom. The van der Waals surface area contributed by atoms with Crippen LogP contribution in [0.2, 0.25) is 0 Å². The molecule has 0 amide bonds. The Bertz CT molecular complexity index is 528. The quantitative estimate of drug-likeness (QED) is 0.823. The van der Waals surface area contributed by atoms with E-state index in [1.54, 1.807) is 0 Å². The lowest BCUT2D eigenvalue weighted by Gasteiger charge is -2.22. The number of carbonyl (C=O) groups is 1. The number of sulfone groups is 1. The number of hydrogen-bond donors (Lipinski definition) is 1. The molecular formula is C11H16N2O4S. The summed E-state index contributed by atoms with van der Waals surface area (Å²) in [6.07, 6.45) is 3.24. The first-order valence-electron chi connectivity index (χ1n) is 5.48. The highest BCUT2D eigenvalue weighted by Crippen LogP contribution is 2.22. The van der Waals surface area contributed by atoms with Crippen LogP contribution in [-0.2, 0) is 14.6 Å². The fraction of sp³-hybridized carbons (Fsp3) is 0.455. The first-order valence-corrected chi connectivity index (χ1v) is 7.37. The third-order valence-corrected chi connectivity index (χ3v) is 3.39. The predicted octanol–water partition coefficient (Wildman–Crippen LogP) is 0.786. The second-order valence-corrected chi connectivity index (χ2v) is 5.90. The van der Waals surface area contributed by atoms with Gasteiger partial charge in [-0.2, -0.15) is 0 Å². The molecule has 100 valence electrons. The summed E-state index contributed by atoms with van der Waals surface area (Å²) in [7, 11) is -3.43. The van der Waals surface area contributed by atoms with Crippen LogP contribution in [0.5, 0.6) is 0 Å². The summed E-state index contributed by atoms with van der Waals surface area (Å²) in [6.45, 7) is 2.05. The third kappa shape index (κ3) is 3.69. The zero-order valence-corrected chi connectivity index (χ0v) is 11.1. The molecule has 18 heavy (non-hydrogen) atoms. The van der Waals surface area contributed by atoms with E-state index in [0.29, 0.717) is 13.0 Å². The number of anilines is 1. The molecule has 1 rings (SSSR count). The van der Waals surface area contributed by atoms with E-state index in [1.165, 1.54) is 23.2 Å². The van der Waals surface area contributed by atoms with Crippen LogP contribution in [0.25, 0.3) is 0 Å². The van der Waals surface area contributed by atoms with Crippen molar-refractivity contribution in [1.82, 2.24) is 4.98 Å². The smallest absolute Gasteiger partial charge is 0.323 e. The van der Waals surface area contributed by atoms with Crippen LogP contribution in [0.15, 0.2) is 23.2 Å². The van der Waals surface area contributed by atoms with Crippen molar-refractivity contribution in [2.75, 3.05) is 24.2 Å². The van der Waals surface area contributed by atoms with Gasteiger partial charge in [0.25, 0.3) is 0 Å². The molecule has 1 aromatic rings. The van der Waals surface area contributed by atoms with Gasteiger partial charge in [-0.3, -0.25) is 4.79 Å². The van der Waals surface area contributed by atoms with Gasteiger partial charge in [0.05, 0.1) is 0 Å². The van der Waals surface area contributed by atoms with E-state index < -0.39 is 15.8 Å². The molecule has 0 saturated heterocycles. The third-order valence-electron chi connectivity index (χ3n) is 2.27. The van der Waals surface area contributed by atoms with Crippen LogP contribution in [0.1, 0.15) is 13.3 Å². The molecule has 1 N–H and O–H groups in total. The molecule has 0 aliphatic rings.